The van der Waals surface area contributed by atoms with Crippen molar-refractivity contribution in [2.45, 2.75) is 39.4 Å². The first-order chi connectivity index (χ1) is 11.5. The van der Waals surface area contributed by atoms with Gasteiger partial charge >= 0.3 is 0 Å². The summed E-state index contributed by atoms with van der Waals surface area (Å²) in [5.74, 6) is 0.144. The van der Waals surface area contributed by atoms with Gasteiger partial charge in [-0.1, -0.05) is 30.3 Å². The van der Waals surface area contributed by atoms with Gasteiger partial charge in [-0.05, 0) is 26.3 Å². The van der Waals surface area contributed by atoms with Gasteiger partial charge in [-0.15, -0.1) is 0 Å². The molecule has 1 fully saturated rings. The Kier molecular flexibility index (Phi) is 4.71. The van der Waals surface area contributed by atoms with Crippen molar-refractivity contribution in [1.82, 2.24) is 14.7 Å². The van der Waals surface area contributed by atoms with Crippen LogP contribution in [0.5, 0.6) is 0 Å². The number of hydrogen-bond acceptors (Lipinski definition) is 3. The SMILES string of the molecule is Cc1nn(C)c(C)c1CC(=O)N1C[C@@H](C)O[C@@H](c2ccccc2)C1. The molecule has 2 aromatic rings. The number of benzene rings is 1. The van der Waals surface area contributed by atoms with Crippen LogP contribution in [-0.2, 0) is 23.0 Å². The summed E-state index contributed by atoms with van der Waals surface area (Å²) in [7, 11) is 1.92. The first-order valence-electron chi connectivity index (χ1n) is 8.43. The van der Waals surface area contributed by atoms with E-state index in [1.165, 1.54) is 0 Å². The van der Waals surface area contributed by atoms with E-state index >= 15 is 0 Å². The maximum Gasteiger partial charge on any atom is 0.227 e. The number of ether oxygens (including phenoxy) is 1. The van der Waals surface area contributed by atoms with E-state index in [1.54, 1.807) is 0 Å². The number of amides is 1. The third-order valence-electron chi connectivity index (χ3n) is 4.77. The first kappa shape index (κ1) is 16.7. The standard InChI is InChI=1S/C19H25N3O2/c1-13-11-22(12-18(24-13)16-8-6-5-7-9-16)19(23)10-17-14(2)20-21(4)15(17)3/h5-9,13,18H,10-12H2,1-4H3/t13-,18-/m1/s1. The number of carbonyl (C=O) groups excluding carboxylic acids is 1. The summed E-state index contributed by atoms with van der Waals surface area (Å²) in [5.41, 5.74) is 4.15. The Balaban J connectivity index is 1.74. The smallest absolute Gasteiger partial charge is 0.227 e. The Labute approximate surface area is 143 Å². The zero-order valence-corrected chi connectivity index (χ0v) is 14.8. The van der Waals surface area contributed by atoms with Crippen molar-refractivity contribution in [2.75, 3.05) is 13.1 Å². The molecular formula is C19H25N3O2. The van der Waals surface area contributed by atoms with Crippen molar-refractivity contribution in [1.29, 1.82) is 0 Å². The lowest BCUT2D eigenvalue weighted by atomic mass is 10.0. The van der Waals surface area contributed by atoms with E-state index in [1.807, 2.05) is 55.6 Å². The van der Waals surface area contributed by atoms with Crippen LogP contribution in [0.15, 0.2) is 30.3 Å². The minimum absolute atomic E-state index is 0.0315. The molecule has 0 aliphatic carbocycles. The van der Waals surface area contributed by atoms with Crippen LogP contribution in [0.2, 0.25) is 0 Å². The largest absolute Gasteiger partial charge is 0.367 e. The average molecular weight is 327 g/mol. The highest BCUT2D eigenvalue weighted by molar-refractivity contribution is 5.79. The van der Waals surface area contributed by atoms with Crippen LogP contribution < -0.4 is 0 Å². The van der Waals surface area contributed by atoms with E-state index in [4.69, 9.17) is 4.74 Å². The van der Waals surface area contributed by atoms with Crippen LogP contribution in [0.25, 0.3) is 0 Å². The van der Waals surface area contributed by atoms with E-state index in [0.717, 1.165) is 22.5 Å². The molecule has 0 N–H and O–H groups in total. The van der Waals surface area contributed by atoms with Gasteiger partial charge in [0.05, 0.1) is 24.8 Å². The molecular weight excluding hydrogens is 302 g/mol. The zero-order valence-electron chi connectivity index (χ0n) is 14.8. The molecule has 1 aromatic carbocycles. The maximum absolute atomic E-state index is 12.8. The minimum atomic E-state index is -0.0602. The normalized spacial score (nSPS) is 21.1. The van der Waals surface area contributed by atoms with Crippen molar-refractivity contribution in [3.05, 3.63) is 52.8 Å². The van der Waals surface area contributed by atoms with Gasteiger partial charge in [0.1, 0.15) is 6.10 Å². The summed E-state index contributed by atoms with van der Waals surface area (Å²) in [6, 6.07) is 10.1. The summed E-state index contributed by atoms with van der Waals surface area (Å²) in [6.45, 7) is 7.24. The van der Waals surface area contributed by atoms with Crippen LogP contribution in [0.1, 0.15) is 35.5 Å². The summed E-state index contributed by atoms with van der Waals surface area (Å²) in [6.07, 6.45) is 0.374. The molecule has 1 aromatic heterocycles. The Morgan fingerprint density at radius 2 is 1.96 bits per heavy atom. The number of rotatable bonds is 3. The summed E-state index contributed by atoms with van der Waals surface area (Å²) in [4.78, 5) is 14.8. The first-order valence-corrected chi connectivity index (χ1v) is 8.43. The second kappa shape index (κ2) is 6.77. The van der Waals surface area contributed by atoms with Gasteiger partial charge in [-0.2, -0.15) is 5.10 Å². The third kappa shape index (κ3) is 3.36. The fourth-order valence-electron chi connectivity index (χ4n) is 3.34. The monoisotopic (exact) mass is 327 g/mol. The lowest BCUT2D eigenvalue weighted by molar-refractivity contribution is -0.144. The molecule has 1 saturated heterocycles. The molecule has 5 heteroatoms. The number of aryl methyl sites for hydroxylation is 2. The Bertz CT molecular complexity index is 724. The molecule has 2 atom stereocenters. The Morgan fingerprint density at radius 1 is 1.25 bits per heavy atom. The molecule has 1 aliphatic rings. The number of carbonyl (C=O) groups is 1. The van der Waals surface area contributed by atoms with E-state index in [9.17, 15) is 4.79 Å². The fourth-order valence-corrected chi connectivity index (χ4v) is 3.34. The van der Waals surface area contributed by atoms with Crippen LogP contribution in [0, 0.1) is 13.8 Å². The highest BCUT2D eigenvalue weighted by Gasteiger charge is 2.30. The van der Waals surface area contributed by atoms with Crippen LogP contribution in [0.3, 0.4) is 0 Å². The zero-order chi connectivity index (χ0) is 17.3. The highest BCUT2D eigenvalue weighted by atomic mass is 16.5. The van der Waals surface area contributed by atoms with Gasteiger partial charge in [-0.25, -0.2) is 0 Å². The lowest BCUT2D eigenvalue weighted by Gasteiger charge is -2.37. The van der Waals surface area contributed by atoms with Crippen molar-refractivity contribution in [2.24, 2.45) is 7.05 Å². The van der Waals surface area contributed by atoms with Gasteiger partial charge in [0.25, 0.3) is 0 Å². The van der Waals surface area contributed by atoms with E-state index in [0.29, 0.717) is 19.5 Å². The predicted octanol–water partition coefficient (Wildman–Crippen LogP) is 2.57. The van der Waals surface area contributed by atoms with Crippen molar-refractivity contribution in [3.8, 4) is 0 Å². The summed E-state index contributed by atoms with van der Waals surface area (Å²) < 4.78 is 7.88. The molecule has 0 radical (unpaired) electrons. The number of morpholine rings is 1. The second-order valence-electron chi connectivity index (χ2n) is 6.59. The molecule has 0 bridgehead atoms. The Hall–Kier alpha value is -2.14. The van der Waals surface area contributed by atoms with Crippen molar-refractivity contribution < 1.29 is 9.53 Å². The van der Waals surface area contributed by atoms with Crippen LogP contribution in [-0.4, -0.2) is 39.8 Å². The number of aromatic nitrogens is 2. The molecule has 1 aliphatic heterocycles. The highest BCUT2D eigenvalue weighted by Crippen LogP contribution is 2.26. The lowest BCUT2D eigenvalue weighted by Crippen LogP contribution is -2.46. The number of hydrogen-bond donors (Lipinski definition) is 0. The third-order valence-corrected chi connectivity index (χ3v) is 4.77. The second-order valence-corrected chi connectivity index (χ2v) is 6.59. The average Bonchev–Trinajstić information content (AvgIpc) is 2.81. The Morgan fingerprint density at radius 3 is 2.58 bits per heavy atom. The molecule has 0 saturated carbocycles. The molecule has 1 amide bonds. The molecule has 128 valence electrons. The minimum Gasteiger partial charge on any atom is -0.367 e. The quantitative estimate of drug-likeness (QED) is 0.870. The van der Waals surface area contributed by atoms with E-state index in [2.05, 4.69) is 17.2 Å². The number of nitrogens with zero attached hydrogens (tertiary/aromatic N) is 3. The van der Waals surface area contributed by atoms with Gasteiger partial charge in [-0.3, -0.25) is 9.48 Å². The van der Waals surface area contributed by atoms with Gasteiger partial charge in [0.2, 0.25) is 5.91 Å². The molecule has 0 unspecified atom stereocenters. The maximum atomic E-state index is 12.8. The molecule has 0 spiro atoms. The summed E-state index contributed by atoms with van der Waals surface area (Å²) in [5, 5.41) is 4.41. The molecule has 24 heavy (non-hydrogen) atoms. The van der Waals surface area contributed by atoms with Crippen LogP contribution >= 0.6 is 0 Å². The van der Waals surface area contributed by atoms with Gasteiger partial charge in [0.15, 0.2) is 0 Å². The van der Waals surface area contributed by atoms with E-state index < -0.39 is 0 Å². The fraction of sp³-hybridized carbons (Fsp3) is 0.474. The van der Waals surface area contributed by atoms with Crippen molar-refractivity contribution in [3.63, 3.8) is 0 Å². The topological polar surface area (TPSA) is 47.4 Å². The summed E-state index contributed by atoms with van der Waals surface area (Å²) >= 11 is 0. The van der Waals surface area contributed by atoms with Gasteiger partial charge in [0, 0.05) is 24.8 Å². The molecule has 5 nitrogen and oxygen atoms in total. The molecule has 3 rings (SSSR count). The van der Waals surface area contributed by atoms with E-state index in [-0.39, 0.29) is 18.1 Å². The van der Waals surface area contributed by atoms with Crippen molar-refractivity contribution >= 4 is 5.91 Å². The van der Waals surface area contributed by atoms with Gasteiger partial charge < -0.3 is 9.64 Å². The van der Waals surface area contributed by atoms with Crippen LogP contribution in [0.4, 0.5) is 0 Å². The predicted molar refractivity (Wildman–Crippen MR) is 92.7 cm³/mol. The molecule has 2 heterocycles.